The molecule has 4 heteroatoms. The lowest BCUT2D eigenvalue weighted by molar-refractivity contribution is -0.137. The van der Waals surface area contributed by atoms with E-state index in [9.17, 15) is 13.2 Å². The lowest BCUT2D eigenvalue weighted by Crippen LogP contribution is -2.04. The molecule has 1 aliphatic heterocycles. The molecular formula is C17H14F3N. The van der Waals surface area contributed by atoms with Crippen molar-refractivity contribution in [2.45, 2.75) is 25.4 Å². The third-order valence-electron chi connectivity index (χ3n) is 3.63. The first-order valence-corrected chi connectivity index (χ1v) is 6.87. The number of fused-ring (bicyclic) bond motifs is 1. The van der Waals surface area contributed by atoms with E-state index in [1.807, 2.05) is 30.3 Å². The second-order valence-corrected chi connectivity index (χ2v) is 5.12. The second kappa shape index (κ2) is 5.35. The van der Waals surface area contributed by atoms with E-state index in [-0.39, 0.29) is 0 Å². The van der Waals surface area contributed by atoms with Gasteiger partial charge in [-0.3, -0.25) is 4.99 Å². The van der Waals surface area contributed by atoms with E-state index in [2.05, 4.69) is 4.99 Å². The quantitative estimate of drug-likeness (QED) is 0.687. The Kier molecular flexibility index (Phi) is 3.53. The van der Waals surface area contributed by atoms with Crippen molar-refractivity contribution in [2.75, 3.05) is 0 Å². The van der Waals surface area contributed by atoms with Crippen LogP contribution in [0.15, 0.2) is 53.5 Å². The Hall–Kier alpha value is -2.10. The molecule has 0 aromatic heterocycles. The monoisotopic (exact) mass is 289 g/mol. The van der Waals surface area contributed by atoms with E-state index in [1.165, 1.54) is 0 Å². The third-order valence-corrected chi connectivity index (χ3v) is 3.63. The van der Waals surface area contributed by atoms with Crippen molar-refractivity contribution in [1.29, 1.82) is 0 Å². The Balaban J connectivity index is 2.06. The van der Waals surface area contributed by atoms with Gasteiger partial charge in [0.25, 0.3) is 0 Å². The van der Waals surface area contributed by atoms with Crippen molar-refractivity contribution in [2.24, 2.45) is 4.99 Å². The summed E-state index contributed by atoms with van der Waals surface area (Å²) in [7, 11) is 0. The highest BCUT2D eigenvalue weighted by Gasteiger charge is 2.31. The molecule has 21 heavy (non-hydrogen) atoms. The smallest absolute Gasteiger partial charge is 0.253 e. The third kappa shape index (κ3) is 2.99. The lowest BCUT2D eigenvalue weighted by atomic mass is 10.0. The summed E-state index contributed by atoms with van der Waals surface area (Å²) in [6.07, 6.45) is -1.90. The minimum Gasteiger partial charge on any atom is -0.253 e. The predicted octanol–water partition coefficient (Wildman–Crippen LogP) is 5.16. The van der Waals surface area contributed by atoms with Crippen LogP contribution in [0.1, 0.15) is 29.5 Å². The van der Waals surface area contributed by atoms with Gasteiger partial charge in [-0.1, -0.05) is 36.4 Å². The van der Waals surface area contributed by atoms with Gasteiger partial charge in [-0.25, -0.2) is 0 Å². The molecule has 1 heterocycles. The average molecular weight is 289 g/mol. The van der Waals surface area contributed by atoms with Gasteiger partial charge in [-0.15, -0.1) is 0 Å². The number of halogens is 3. The van der Waals surface area contributed by atoms with Crippen LogP contribution < -0.4 is 0 Å². The van der Waals surface area contributed by atoms with Gasteiger partial charge in [0.1, 0.15) is 0 Å². The highest BCUT2D eigenvalue weighted by molar-refractivity contribution is 6.02. The molecule has 0 aliphatic carbocycles. The fourth-order valence-electron chi connectivity index (χ4n) is 2.54. The van der Waals surface area contributed by atoms with Gasteiger partial charge in [0.05, 0.1) is 11.3 Å². The molecule has 2 aromatic rings. The number of benzene rings is 2. The Labute approximate surface area is 121 Å². The number of alkyl halides is 3. The van der Waals surface area contributed by atoms with E-state index in [1.54, 1.807) is 6.07 Å². The molecule has 0 unspecified atom stereocenters. The molecule has 0 amide bonds. The summed E-state index contributed by atoms with van der Waals surface area (Å²) in [6.45, 7) is 0. The van der Waals surface area contributed by atoms with Crippen LogP contribution in [0.2, 0.25) is 0 Å². The molecule has 0 atom stereocenters. The molecule has 0 saturated carbocycles. The van der Waals surface area contributed by atoms with Crippen LogP contribution in [0.3, 0.4) is 0 Å². The minimum atomic E-state index is -4.33. The van der Waals surface area contributed by atoms with Gasteiger partial charge in [-0.2, -0.15) is 13.2 Å². The predicted molar refractivity (Wildman–Crippen MR) is 77.0 cm³/mol. The first kappa shape index (κ1) is 13.9. The summed E-state index contributed by atoms with van der Waals surface area (Å²) in [5.74, 6) is 0. The maximum Gasteiger partial charge on any atom is 0.416 e. The summed E-state index contributed by atoms with van der Waals surface area (Å²) < 4.78 is 38.5. The van der Waals surface area contributed by atoms with Gasteiger partial charge >= 0.3 is 6.18 Å². The van der Waals surface area contributed by atoms with Crippen LogP contribution in [-0.4, -0.2) is 5.71 Å². The normalized spacial score (nSPS) is 15.1. The molecule has 0 fully saturated rings. The van der Waals surface area contributed by atoms with E-state index in [0.717, 1.165) is 48.2 Å². The molecule has 0 spiro atoms. The fourth-order valence-corrected chi connectivity index (χ4v) is 2.54. The standard InChI is InChI=1S/C17H14F3N/c18-17(19,20)14-10-9-13-7-4-8-15(21-16(13)11-14)12-5-2-1-3-6-12/h1-3,5-6,9-11H,4,7-8H2. The minimum absolute atomic E-state index is 0.446. The molecule has 0 N–H and O–H groups in total. The van der Waals surface area contributed by atoms with Gasteiger partial charge in [-0.05, 0) is 42.5 Å². The summed E-state index contributed by atoms with van der Waals surface area (Å²) in [6, 6.07) is 13.5. The molecule has 1 nitrogen and oxygen atoms in total. The zero-order valence-electron chi connectivity index (χ0n) is 11.3. The van der Waals surface area contributed by atoms with Crippen LogP contribution in [0, 0.1) is 0 Å². The molecule has 1 aliphatic rings. The Morgan fingerprint density at radius 2 is 1.67 bits per heavy atom. The molecule has 3 rings (SSSR count). The lowest BCUT2D eigenvalue weighted by Gasteiger charge is -2.09. The molecule has 0 saturated heterocycles. The number of nitrogens with zero attached hydrogens (tertiary/aromatic N) is 1. The summed E-state index contributed by atoms with van der Waals surface area (Å²) in [4.78, 5) is 4.50. The topological polar surface area (TPSA) is 12.4 Å². The van der Waals surface area contributed by atoms with Crippen LogP contribution in [0.25, 0.3) is 0 Å². The number of aryl methyl sites for hydroxylation is 1. The molecule has 108 valence electrons. The fraction of sp³-hybridized carbons (Fsp3) is 0.235. The van der Waals surface area contributed by atoms with E-state index >= 15 is 0 Å². The molecule has 0 bridgehead atoms. The SMILES string of the molecule is FC(F)(F)c1ccc2c(c1)N=C(c1ccccc1)CCC2. The largest absolute Gasteiger partial charge is 0.416 e. The van der Waals surface area contributed by atoms with Crippen molar-refractivity contribution in [3.05, 3.63) is 65.2 Å². The number of rotatable bonds is 1. The van der Waals surface area contributed by atoms with Crippen molar-refractivity contribution in [1.82, 2.24) is 0 Å². The Morgan fingerprint density at radius 1 is 0.905 bits per heavy atom. The molecule has 2 aromatic carbocycles. The van der Waals surface area contributed by atoms with E-state index in [4.69, 9.17) is 0 Å². The summed E-state index contributed by atoms with van der Waals surface area (Å²) in [5, 5.41) is 0. The summed E-state index contributed by atoms with van der Waals surface area (Å²) >= 11 is 0. The zero-order valence-corrected chi connectivity index (χ0v) is 11.3. The Bertz CT molecular complexity index is 672. The van der Waals surface area contributed by atoms with Gasteiger partial charge in [0, 0.05) is 5.71 Å². The van der Waals surface area contributed by atoms with Gasteiger partial charge in [0.15, 0.2) is 0 Å². The number of hydrogen-bond donors (Lipinski definition) is 0. The maximum atomic E-state index is 12.8. The van der Waals surface area contributed by atoms with Crippen LogP contribution in [0.4, 0.5) is 18.9 Å². The van der Waals surface area contributed by atoms with Gasteiger partial charge in [0.2, 0.25) is 0 Å². The highest BCUT2D eigenvalue weighted by Crippen LogP contribution is 2.35. The van der Waals surface area contributed by atoms with Crippen molar-refractivity contribution >= 4 is 11.4 Å². The van der Waals surface area contributed by atoms with E-state index in [0.29, 0.717) is 5.69 Å². The van der Waals surface area contributed by atoms with Crippen molar-refractivity contribution in [3.8, 4) is 0 Å². The first-order chi connectivity index (χ1) is 10.0. The van der Waals surface area contributed by atoms with Crippen molar-refractivity contribution < 1.29 is 13.2 Å². The molecular weight excluding hydrogens is 275 g/mol. The maximum absolute atomic E-state index is 12.8. The molecule has 0 radical (unpaired) electrons. The second-order valence-electron chi connectivity index (χ2n) is 5.12. The number of aliphatic imine (C=N–C) groups is 1. The first-order valence-electron chi connectivity index (χ1n) is 6.87. The van der Waals surface area contributed by atoms with E-state index < -0.39 is 11.7 Å². The highest BCUT2D eigenvalue weighted by atomic mass is 19.4. The van der Waals surface area contributed by atoms with Crippen LogP contribution in [-0.2, 0) is 12.6 Å². The van der Waals surface area contributed by atoms with Crippen LogP contribution in [0.5, 0.6) is 0 Å². The van der Waals surface area contributed by atoms with Gasteiger partial charge < -0.3 is 0 Å². The average Bonchev–Trinajstić information content (AvgIpc) is 2.68. The van der Waals surface area contributed by atoms with Crippen LogP contribution >= 0.6 is 0 Å². The Morgan fingerprint density at radius 3 is 2.38 bits per heavy atom. The van der Waals surface area contributed by atoms with Crippen molar-refractivity contribution in [3.63, 3.8) is 0 Å². The zero-order chi connectivity index (χ0) is 14.9. The number of hydrogen-bond acceptors (Lipinski definition) is 1. The summed E-state index contributed by atoms with van der Waals surface area (Å²) in [5.41, 5.74) is 2.52.